The number of carbonyl (C=O) groups is 2. The molecule has 0 atom stereocenters. The van der Waals surface area contributed by atoms with Crippen LogP contribution < -0.4 is 0 Å². The molecule has 7 heteroatoms. The van der Waals surface area contributed by atoms with E-state index in [0.717, 1.165) is 58.4 Å². The van der Waals surface area contributed by atoms with E-state index in [1.165, 1.54) is 12.1 Å². The van der Waals surface area contributed by atoms with Crippen LogP contribution >= 0.6 is 0 Å². The zero-order chi connectivity index (χ0) is 26.1. The Morgan fingerprint density at radius 2 is 1.53 bits per heavy atom. The Bertz CT molecular complexity index is 1130. The number of H-pyrrole nitrogens is 1. The Morgan fingerprint density at radius 3 is 2.11 bits per heavy atom. The fourth-order valence-electron chi connectivity index (χ4n) is 4.69. The maximum atomic E-state index is 14.1. The van der Waals surface area contributed by atoms with Gasteiger partial charge in [0, 0.05) is 35.5 Å². The number of rotatable bonds is 4. The minimum Gasteiger partial charge on any atom is -0.348 e. The molecule has 0 bridgehead atoms. The molecule has 5 rings (SSSR count). The molecular formula is C29H37F2N3O2. The van der Waals surface area contributed by atoms with E-state index in [1.54, 1.807) is 35.2 Å². The molecule has 3 aromatic rings. The van der Waals surface area contributed by atoms with Crippen molar-refractivity contribution in [3.05, 3.63) is 71.4 Å². The number of benzene rings is 2. The monoisotopic (exact) mass is 497 g/mol. The van der Waals surface area contributed by atoms with Crippen LogP contribution in [0.25, 0.3) is 10.9 Å². The molecule has 1 N–H and O–H groups in total. The van der Waals surface area contributed by atoms with Gasteiger partial charge in [-0.3, -0.25) is 9.59 Å². The van der Waals surface area contributed by atoms with Gasteiger partial charge in [0.25, 0.3) is 5.91 Å². The molecule has 0 aliphatic carbocycles. The lowest BCUT2D eigenvalue weighted by atomic mass is 9.89. The molecule has 1 aromatic heterocycles. The Kier molecular flexibility index (Phi) is 10.2. The van der Waals surface area contributed by atoms with Gasteiger partial charge in [0.15, 0.2) is 11.6 Å². The van der Waals surface area contributed by atoms with Crippen LogP contribution in [-0.4, -0.2) is 59.2 Å². The largest absolute Gasteiger partial charge is 0.348 e. The molecule has 2 aromatic carbocycles. The molecule has 5 nitrogen and oxygen atoms in total. The highest BCUT2D eigenvalue weighted by molar-refractivity contribution is 5.99. The van der Waals surface area contributed by atoms with Gasteiger partial charge < -0.3 is 14.8 Å². The number of para-hydroxylation sites is 1. The van der Waals surface area contributed by atoms with Crippen LogP contribution in [-0.2, 0) is 0 Å². The molecule has 0 unspecified atom stereocenters. The van der Waals surface area contributed by atoms with E-state index in [4.69, 9.17) is 0 Å². The summed E-state index contributed by atoms with van der Waals surface area (Å²) in [7, 11) is 0. The molecule has 194 valence electrons. The van der Waals surface area contributed by atoms with Crippen molar-refractivity contribution in [1.29, 1.82) is 0 Å². The summed E-state index contributed by atoms with van der Waals surface area (Å²) < 4.78 is 26.8. The van der Waals surface area contributed by atoms with Crippen molar-refractivity contribution in [2.45, 2.75) is 46.5 Å². The molecule has 2 aliphatic rings. The number of piperidine rings is 1. The lowest BCUT2D eigenvalue weighted by Crippen LogP contribution is -2.36. The first-order valence-corrected chi connectivity index (χ1v) is 13.1. The highest BCUT2D eigenvalue weighted by atomic mass is 19.1. The first-order chi connectivity index (χ1) is 17.5. The van der Waals surface area contributed by atoms with Crippen LogP contribution in [0.5, 0.6) is 0 Å². The van der Waals surface area contributed by atoms with Crippen LogP contribution in [0.4, 0.5) is 8.78 Å². The average Bonchev–Trinajstić information content (AvgIpc) is 3.59. The van der Waals surface area contributed by atoms with Crippen molar-refractivity contribution in [3.8, 4) is 0 Å². The second-order valence-corrected chi connectivity index (χ2v) is 8.94. The normalized spacial score (nSPS) is 16.2. The lowest BCUT2D eigenvalue weighted by molar-refractivity contribution is 0.0782. The van der Waals surface area contributed by atoms with Crippen molar-refractivity contribution in [2.24, 2.45) is 5.92 Å². The Labute approximate surface area is 212 Å². The smallest absolute Gasteiger partial charge is 0.273 e. The zero-order valence-corrected chi connectivity index (χ0v) is 21.5. The number of hydrogen-bond acceptors (Lipinski definition) is 3. The van der Waals surface area contributed by atoms with Gasteiger partial charge in [-0.15, -0.1) is 0 Å². The predicted octanol–water partition coefficient (Wildman–Crippen LogP) is 6.31. The number of halogens is 2. The van der Waals surface area contributed by atoms with Crippen molar-refractivity contribution >= 4 is 22.6 Å². The van der Waals surface area contributed by atoms with E-state index >= 15 is 0 Å². The van der Waals surface area contributed by atoms with E-state index in [-0.39, 0.29) is 29.1 Å². The second kappa shape index (κ2) is 13.3. The van der Waals surface area contributed by atoms with Gasteiger partial charge in [-0.2, -0.15) is 0 Å². The molecule has 2 aliphatic heterocycles. The molecule has 36 heavy (non-hydrogen) atoms. The summed E-state index contributed by atoms with van der Waals surface area (Å²) in [5.41, 5.74) is 1.40. The molecular weight excluding hydrogens is 460 g/mol. The number of nitrogens with one attached hydrogen (secondary N) is 1. The van der Waals surface area contributed by atoms with Crippen LogP contribution in [0.3, 0.4) is 0 Å². The number of hydrogen-bond donors (Lipinski definition) is 1. The van der Waals surface area contributed by atoms with Crippen LogP contribution in [0.2, 0.25) is 0 Å². The number of aromatic nitrogens is 1. The molecule has 2 saturated heterocycles. The van der Waals surface area contributed by atoms with Crippen molar-refractivity contribution in [3.63, 3.8) is 0 Å². The number of fused-ring (bicyclic) bond motifs is 1. The van der Waals surface area contributed by atoms with Crippen molar-refractivity contribution < 1.29 is 18.4 Å². The van der Waals surface area contributed by atoms with Gasteiger partial charge in [-0.1, -0.05) is 32.9 Å². The van der Waals surface area contributed by atoms with Gasteiger partial charge in [-0.25, -0.2) is 8.78 Å². The van der Waals surface area contributed by atoms with E-state index in [2.05, 4.69) is 16.8 Å². The summed E-state index contributed by atoms with van der Waals surface area (Å²) in [5, 5.41) is 0.482. The van der Waals surface area contributed by atoms with Crippen LogP contribution in [0.15, 0.2) is 48.5 Å². The lowest BCUT2D eigenvalue weighted by Gasteiger charge is -2.30. The molecule has 0 saturated carbocycles. The van der Waals surface area contributed by atoms with E-state index in [0.29, 0.717) is 16.5 Å². The molecule has 0 radical (unpaired) electrons. The summed E-state index contributed by atoms with van der Waals surface area (Å²) in [4.78, 5) is 31.2. The predicted molar refractivity (Wildman–Crippen MR) is 140 cm³/mol. The fourth-order valence-corrected chi connectivity index (χ4v) is 4.69. The number of nitrogens with zero attached hydrogens (tertiary/aromatic N) is 2. The molecule has 0 spiro atoms. The topological polar surface area (TPSA) is 56.4 Å². The number of Topliss-reactive ketones (excluding diaryl/α,β-unsaturated/α-hetero) is 1. The highest BCUT2D eigenvalue weighted by Crippen LogP contribution is 2.23. The van der Waals surface area contributed by atoms with E-state index in [1.807, 2.05) is 19.9 Å². The summed E-state index contributed by atoms with van der Waals surface area (Å²) >= 11 is 0. The van der Waals surface area contributed by atoms with Gasteiger partial charge in [0.1, 0.15) is 11.5 Å². The van der Waals surface area contributed by atoms with Gasteiger partial charge in [0.2, 0.25) is 0 Å². The molecule has 2 fully saturated rings. The highest BCUT2D eigenvalue weighted by Gasteiger charge is 2.26. The Balaban J connectivity index is 0.000000188. The minimum absolute atomic E-state index is 0.0908. The summed E-state index contributed by atoms with van der Waals surface area (Å²) in [5.74, 6) is -0.667. The van der Waals surface area contributed by atoms with Gasteiger partial charge in [-0.05, 0) is 81.7 Å². The maximum Gasteiger partial charge on any atom is 0.273 e. The Hall–Kier alpha value is -3.06. The first kappa shape index (κ1) is 27.5. The summed E-state index contributed by atoms with van der Waals surface area (Å²) in [6.45, 7) is 10.6. The van der Waals surface area contributed by atoms with Crippen molar-refractivity contribution in [1.82, 2.24) is 14.8 Å². The van der Waals surface area contributed by atoms with Gasteiger partial charge in [0.05, 0.1) is 0 Å². The number of amides is 1. The van der Waals surface area contributed by atoms with Crippen molar-refractivity contribution in [2.75, 3.05) is 32.7 Å². The van der Waals surface area contributed by atoms with E-state index in [9.17, 15) is 18.4 Å². The molecule has 1 amide bonds. The maximum absolute atomic E-state index is 14.1. The second-order valence-electron chi connectivity index (χ2n) is 8.94. The quantitative estimate of drug-likeness (QED) is 0.430. The minimum atomic E-state index is -0.433. The van der Waals surface area contributed by atoms with Crippen LogP contribution in [0, 0.1) is 17.6 Å². The fraction of sp³-hybridized carbons (Fsp3) is 0.448. The van der Waals surface area contributed by atoms with Gasteiger partial charge >= 0.3 is 0 Å². The number of likely N-dealkylation sites (tertiary alicyclic amines) is 2. The zero-order valence-electron chi connectivity index (χ0n) is 21.5. The number of carbonyl (C=O) groups excluding carboxylic acids is 2. The third kappa shape index (κ3) is 6.58. The number of ketones is 1. The Morgan fingerprint density at radius 1 is 0.917 bits per heavy atom. The number of aromatic amines is 1. The third-order valence-electron chi connectivity index (χ3n) is 6.78. The SMILES string of the molecule is CC.CCN1CCC(C(=O)c2ccc(F)cc2)CC1.O=C(c1[nH]c2ccccc2c1F)N1CCCC1. The standard InChI is InChI=1S/C14H18FNO.C13H13FN2O.C2H6/c1-2-16-9-7-12(8-10-16)14(17)11-3-5-13(15)6-4-11;14-11-9-5-1-2-6-10(9)15-12(11)13(17)16-7-3-4-8-16;1-2/h3-6,12H,2,7-10H2,1H3;1-2,5-6,15H,3-4,7-8H2;1-2H3. The third-order valence-corrected chi connectivity index (χ3v) is 6.78. The first-order valence-electron chi connectivity index (χ1n) is 13.1. The average molecular weight is 498 g/mol. The van der Waals surface area contributed by atoms with Crippen LogP contribution in [0.1, 0.15) is 67.3 Å². The summed E-state index contributed by atoms with van der Waals surface area (Å²) in [6.07, 6.45) is 3.86. The van der Waals surface area contributed by atoms with E-state index < -0.39 is 5.82 Å². The molecule has 3 heterocycles. The summed E-state index contributed by atoms with van der Waals surface area (Å²) in [6, 6.07) is 12.9.